The van der Waals surface area contributed by atoms with E-state index in [9.17, 15) is 10.1 Å². The van der Waals surface area contributed by atoms with Crippen LogP contribution in [0.15, 0.2) is 42.5 Å². The van der Waals surface area contributed by atoms with E-state index in [1.54, 1.807) is 16.2 Å². The molecule has 0 aliphatic heterocycles. The van der Waals surface area contributed by atoms with Gasteiger partial charge in [-0.2, -0.15) is 5.26 Å². The second-order valence-electron chi connectivity index (χ2n) is 6.58. The molecular formula is C22H20N2OS. The molecule has 4 rings (SSSR count). The van der Waals surface area contributed by atoms with Gasteiger partial charge < -0.3 is 0 Å². The minimum Gasteiger partial charge on any atom is -0.299 e. The quantitative estimate of drug-likeness (QED) is 0.634. The molecule has 1 aromatic heterocycles. The number of aryl methyl sites for hydroxylation is 1. The highest BCUT2D eigenvalue weighted by atomic mass is 32.1. The lowest BCUT2D eigenvalue weighted by molar-refractivity contribution is 0.0990. The zero-order chi connectivity index (χ0) is 18.1. The van der Waals surface area contributed by atoms with Crippen LogP contribution in [-0.2, 0) is 12.8 Å². The van der Waals surface area contributed by atoms with Gasteiger partial charge in [0.05, 0.1) is 5.56 Å². The van der Waals surface area contributed by atoms with Gasteiger partial charge in [-0.15, -0.1) is 11.3 Å². The molecule has 0 spiro atoms. The largest absolute Gasteiger partial charge is 0.299 e. The minimum atomic E-state index is -0.0283. The average Bonchev–Trinajstić information content (AvgIpc) is 3.06. The van der Waals surface area contributed by atoms with Crippen LogP contribution < -0.4 is 4.90 Å². The van der Waals surface area contributed by atoms with Crippen molar-refractivity contribution >= 4 is 33.0 Å². The summed E-state index contributed by atoms with van der Waals surface area (Å²) in [5, 5.41) is 12.6. The van der Waals surface area contributed by atoms with Crippen LogP contribution in [0.3, 0.4) is 0 Å². The first-order valence-electron chi connectivity index (χ1n) is 9.09. The van der Waals surface area contributed by atoms with E-state index in [-0.39, 0.29) is 5.91 Å². The molecule has 0 unspecified atom stereocenters. The van der Waals surface area contributed by atoms with Crippen molar-refractivity contribution in [2.45, 2.75) is 32.6 Å². The fourth-order valence-electron chi connectivity index (χ4n) is 3.79. The van der Waals surface area contributed by atoms with E-state index in [4.69, 9.17) is 0 Å². The smallest absolute Gasteiger partial charge is 0.259 e. The highest BCUT2D eigenvalue weighted by Gasteiger charge is 2.27. The summed E-state index contributed by atoms with van der Waals surface area (Å²) in [5.41, 5.74) is 2.57. The van der Waals surface area contributed by atoms with E-state index < -0.39 is 0 Å². The number of rotatable bonds is 3. The maximum absolute atomic E-state index is 13.4. The Morgan fingerprint density at radius 3 is 2.73 bits per heavy atom. The SMILES string of the molecule is CCN(C(=O)c1cccc2ccccc12)c1sc2c(c1C#N)CCCC2. The molecule has 0 bridgehead atoms. The summed E-state index contributed by atoms with van der Waals surface area (Å²) in [6, 6.07) is 16.2. The Labute approximate surface area is 157 Å². The predicted molar refractivity (Wildman–Crippen MR) is 107 cm³/mol. The molecule has 1 aliphatic carbocycles. The second kappa shape index (κ2) is 6.93. The molecule has 1 aliphatic rings. The van der Waals surface area contributed by atoms with E-state index >= 15 is 0 Å². The number of carbonyl (C=O) groups excluding carboxylic acids is 1. The third kappa shape index (κ3) is 2.69. The van der Waals surface area contributed by atoms with E-state index in [1.807, 2.05) is 49.4 Å². The highest BCUT2D eigenvalue weighted by molar-refractivity contribution is 7.16. The van der Waals surface area contributed by atoms with Gasteiger partial charge in [0.1, 0.15) is 11.1 Å². The van der Waals surface area contributed by atoms with Gasteiger partial charge in [-0.3, -0.25) is 9.69 Å². The maximum Gasteiger partial charge on any atom is 0.259 e. The fourth-order valence-corrected chi connectivity index (χ4v) is 5.19. The third-order valence-corrected chi connectivity index (χ3v) is 6.41. The summed E-state index contributed by atoms with van der Waals surface area (Å²) in [6.45, 7) is 2.53. The first kappa shape index (κ1) is 16.8. The summed E-state index contributed by atoms with van der Waals surface area (Å²) < 4.78 is 0. The van der Waals surface area contributed by atoms with Crippen LogP contribution in [0.5, 0.6) is 0 Å². The number of hydrogen-bond acceptors (Lipinski definition) is 3. The Bertz CT molecular complexity index is 1020. The fraction of sp³-hybridized carbons (Fsp3) is 0.273. The molecule has 0 radical (unpaired) electrons. The van der Waals surface area contributed by atoms with Crippen molar-refractivity contribution < 1.29 is 4.79 Å². The number of hydrogen-bond donors (Lipinski definition) is 0. The van der Waals surface area contributed by atoms with Crippen molar-refractivity contribution in [2.75, 3.05) is 11.4 Å². The van der Waals surface area contributed by atoms with E-state index in [0.717, 1.165) is 35.0 Å². The van der Waals surface area contributed by atoms with Gasteiger partial charge in [-0.1, -0.05) is 36.4 Å². The zero-order valence-electron chi connectivity index (χ0n) is 14.8. The normalized spacial score (nSPS) is 13.2. The van der Waals surface area contributed by atoms with Gasteiger partial charge in [-0.25, -0.2) is 0 Å². The van der Waals surface area contributed by atoms with Crippen LogP contribution in [0, 0.1) is 11.3 Å². The first-order valence-corrected chi connectivity index (χ1v) is 9.90. The number of amides is 1. The van der Waals surface area contributed by atoms with Crippen molar-refractivity contribution in [3.8, 4) is 6.07 Å². The van der Waals surface area contributed by atoms with Crippen molar-refractivity contribution in [1.82, 2.24) is 0 Å². The van der Waals surface area contributed by atoms with Crippen molar-refractivity contribution in [3.05, 3.63) is 64.0 Å². The Morgan fingerprint density at radius 2 is 1.92 bits per heavy atom. The van der Waals surface area contributed by atoms with Gasteiger partial charge in [0.15, 0.2) is 0 Å². The Kier molecular flexibility index (Phi) is 4.48. The molecule has 0 saturated heterocycles. The zero-order valence-corrected chi connectivity index (χ0v) is 15.6. The van der Waals surface area contributed by atoms with Crippen LogP contribution in [0.4, 0.5) is 5.00 Å². The summed E-state index contributed by atoms with van der Waals surface area (Å²) in [4.78, 5) is 16.5. The van der Waals surface area contributed by atoms with Gasteiger partial charge in [0.2, 0.25) is 0 Å². The molecule has 1 heterocycles. The molecule has 3 aromatic rings. The molecule has 2 aromatic carbocycles. The first-order chi connectivity index (χ1) is 12.7. The van der Waals surface area contributed by atoms with Crippen LogP contribution in [0.25, 0.3) is 10.8 Å². The van der Waals surface area contributed by atoms with Crippen molar-refractivity contribution in [3.63, 3.8) is 0 Å². The second-order valence-corrected chi connectivity index (χ2v) is 7.66. The molecular weight excluding hydrogens is 340 g/mol. The monoisotopic (exact) mass is 360 g/mol. The lowest BCUT2D eigenvalue weighted by atomic mass is 9.96. The van der Waals surface area contributed by atoms with Crippen LogP contribution >= 0.6 is 11.3 Å². The topological polar surface area (TPSA) is 44.1 Å². The lowest BCUT2D eigenvalue weighted by Gasteiger charge is -2.21. The van der Waals surface area contributed by atoms with E-state index in [1.165, 1.54) is 16.9 Å². The molecule has 4 heteroatoms. The van der Waals surface area contributed by atoms with E-state index in [2.05, 4.69) is 6.07 Å². The number of nitrogens with zero attached hydrogens (tertiary/aromatic N) is 2. The molecule has 26 heavy (non-hydrogen) atoms. The molecule has 0 N–H and O–H groups in total. The van der Waals surface area contributed by atoms with Crippen molar-refractivity contribution in [1.29, 1.82) is 5.26 Å². The Balaban J connectivity index is 1.82. The summed E-state index contributed by atoms with van der Waals surface area (Å²) >= 11 is 1.63. The number of carbonyl (C=O) groups is 1. The third-order valence-electron chi connectivity index (χ3n) is 5.09. The maximum atomic E-state index is 13.4. The molecule has 1 amide bonds. The molecule has 0 atom stereocenters. The predicted octanol–water partition coefficient (Wildman–Crippen LogP) is 5.32. The standard InChI is InChI=1S/C22H20N2OS/c1-2-24(22-19(14-23)17-11-5-6-13-20(17)26-22)21(25)18-12-7-9-15-8-3-4-10-16(15)18/h3-4,7-10,12H,2,5-6,11,13H2,1H3. The number of fused-ring (bicyclic) bond motifs is 2. The number of thiophene rings is 1. The summed E-state index contributed by atoms with van der Waals surface area (Å²) in [7, 11) is 0. The molecule has 0 saturated carbocycles. The number of anilines is 1. The summed E-state index contributed by atoms with van der Waals surface area (Å²) in [6.07, 6.45) is 4.27. The van der Waals surface area contributed by atoms with Crippen molar-refractivity contribution in [2.24, 2.45) is 0 Å². The number of benzene rings is 2. The Morgan fingerprint density at radius 1 is 1.15 bits per heavy atom. The highest BCUT2D eigenvalue weighted by Crippen LogP contribution is 2.40. The molecule has 130 valence electrons. The van der Waals surface area contributed by atoms with Crippen LogP contribution in [0.1, 0.15) is 46.1 Å². The van der Waals surface area contributed by atoms with Crippen LogP contribution in [-0.4, -0.2) is 12.5 Å². The van der Waals surface area contributed by atoms with Gasteiger partial charge in [0.25, 0.3) is 5.91 Å². The minimum absolute atomic E-state index is 0.0283. The number of nitriles is 1. The average molecular weight is 360 g/mol. The van der Waals surface area contributed by atoms with Gasteiger partial charge >= 0.3 is 0 Å². The van der Waals surface area contributed by atoms with E-state index in [0.29, 0.717) is 17.7 Å². The summed E-state index contributed by atoms with van der Waals surface area (Å²) in [5.74, 6) is -0.0283. The lowest BCUT2D eigenvalue weighted by Crippen LogP contribution is -2.30. The van der Waals surface area contributed by atoms with Gasteiger partial charge in [-0.05, 0) is 55.0 Å². The molecule has 0 fully saturated rings. The Hall–Kier alpha value is -2.64. The molecule has 3 nitrogen and oxygen atoms in total. The van der Waals surface area contributed by atoms with Crippen LogP contribution in [0.2, 0.25) is 0 Å². The van der Waals surface area contributed by atoms with Gasteiger partial charge in [0, 0.05) is 17.0 Å².